The molecule has 8 heterocycles. The highest BCUT2D eigenvalue weighted by Gasteiger charge is 2.66. The molecular weight excluding hydrogens is 1740 g/mol. The van der Waals surface area contributed by atoms with E-state index in [-0.39, 0.29) is 18.7 Å². The van der Waals surface area contributed by atoms with Gasteiger partial charge in [-0.2, -0.15) is 5.10 Å². The predicted octanol–water partition coefficient (Wildman–Crippen LogP) is -2.59. The molecule has 0 saturated carbocycles. The van der Waals surface area contributed by atoms with Gasteiger partial charge in [0.1, 0.15) is 28.5 Å². The molecule has 9 rings (SSSR count). The Morgan fingerprint density at radius 1 is 0.355 bits per heavy atom. The lowest BCUT2D eigenvalue weighted by Gasteiger charge is -2.34. The first-order valence-corrected chi connectivity index (χ1v) is 47.4. The molecule has 0 amide bonds. The van der Waals surface area contributed by atoms with Crippen molar-refractivity contribution in [2.24, 2.45) is 14.1 Å². The van der Waals surface area contributed by atoms with Crippen molar-refractivity contribution in [3.8, 4) is 0 Å². The molecule has 1 aliphatic rings. The molecule has 0 aliphatic carbocycles. The molecule has 8 aromatic rings. The fourth-order valence-corrected chi connectivity index (χ4v) is 22.5. The third-order valence-corrected chi connectivity index (χ3v) is 36.7. The molecular formula is C45H73N11O42P12. The molecule has 1 aliphatic heterocycles. The fraction of sp³-hybridized carbons (Fsp3) is 0.311. The van der Waals surface area contributed by atoms with Gasteiger partial charge in [-0.05, 0) is 43.4 Å². The molecule has 1 aromatic carbocycles. The van der Waals surface area contributed by atoms with Crippen molar-refractivity contribution in [3.63, 3.8) is 0 Å². The molecule has 0 unspecified atom stereocenters. The molecule has 65 heteroatoms. The monoisotopic (exact) mass is 1810 g/mol. The van der Waals surface area contributed by atoms with E-state index in [0.29, 0.717) is 18.9 Å². The number of hydrogen-bond donors (Lipinski definition) is 30. The van der Waals surface area contributed by atoms with E-state index in [1.165, 1.54) is 88.6 Å². The smallest absolute Gasteiger partial charge is 0.364 e. The van der Waals surface area contributed by atoms with Crippen molar-refractivity contribution < 1.29 is 203 Å². The number of fused-ring (bicyclic) bond motifs is 2. The lowest BCUT2D eigenvalue weighted by atomic mass is 10.2. The van der Waals surface area contributed by atoms with E-state index >= 15 is 0 Å². The first-order valence-electron chi connectivity index (χ1n) is 28.0. The van der Waals surface area contributed by atoms with Crippen LogP contribution in [-0.2, 0) is 99.4 Å². The minimum atomic E-state index is -5.57. The topological polar surface area (TPSA) is 901 Å². The summed E-state index contributed by atoms with van der Waals surface area (Å²) in [5.41, 5.74) is -3.99. The van der Waals surface area contributed by atoms with Gasteiger partial charge in [-0.15, -0.1) is 0 Å². The lowest BCUT2D eigenvalue weighted by Crippen LogP contribution is -2.44. The zero-order valence-electron chi connectivity index (χ0n) is 54.6. The predicted molar refractivity (Wildman–Crippen MR) is 372 cm³/mol. The van der Waals surface area contributed by atoms with Crippen LogP contribution in [0.25, 0.3) is 11.3 Å². The van der Waals surface area contributed by atoms with Crippen LogP contribution in [0, 0.1) is 0 Å². The maximum atomic E-state index is 11.4. The zero-order valence-corrected chi connectivity index (χ0v) is 65.4. The van der Waals surface area contributed by atoms with E-state index in [9.17, 15) is 105 Å². The van der Waals surface area contributed by atoms with Crippen molar-refractivity contribution in [1.82, 2.24) is 48.0 Å². The Bertz CT molecular complexity index is 4880. The number of likely N-dealkylation sites (N-methyl/N-ethyl adjacent to an activating group) is 1. The van der Waals surface area contributed by atoms with Crippen LogP contribution in [0.5, 0.6) is 0 Å². The summed E-state index contributed by atoms with van der Waals surface area (Å²) in [4.78, 5) is 235. The van der Waals surface area contributed by atoms with Gasteiger partial charge in [-0.3, -0.25) is 59.5 Å². The van der Waals surface area contributed by atoms with E-state index in [0.717, 1.165) is 79.3 Å². The van der Waals surface area contributed by atoms with Crippen LogP contribution in [0.1, 0.15) is 41.1 Å². The third kappa shape index (κ3) is 20.8. The quantitative estimate of drug-likeness (QED) is 0.0370. The lowest BCUT2D eigenvalue weighted by molar-refractivity contribution is 0.127. The Labute approximate surface area is 615 Å². The largest absolute Gasteiger partial charge is 0.375 e. The van der Waals surface area contributed by atoms with Crippen molar-refractivity contribution in [2.45, 2.75) is 37.9 Å². The molecule has 0 bridgehead atoms. The van der Waals surface area contributed by atoms with Gasteiger partial charge < -0.3 is 171 Å². The number of piperazine rings is 1. The second kappa shape index (κ2) is 34.7. The minimum Gasteiger partial charge on any atom is -0.364 e. The SMILES string of the molecule is C.CN1CCN(c2ccc(C(O)(P(=O)(O)O)P(=O)(O)O)cn2)CC1.Cn1cc(C(O)(P(=O)(O)O)P(=O)(O)O)cn1.Cn1cnc(C(O)(P(=O)(O)O)P(=O)(O)O)c1.O=P(O)(O)C(O)(c1ccccc1)P(=O)(O)O.O=P(O)(O)C(O)(c1cccn2ccnc12)P(=O)(O)O.O=P(O)(O)C(O)(c1cn2ccccc2n1)P(=O)(O)O. The summed E-state index contributed by atoms with van der Waals surface area (Å²) in [6.07, 6.45) is 11.0. The summed E-state index contributed by atoms with van der Waals surface area (Å²) >= 11 is 0. The summed E-state index contributed by atoms with van der Waals surface area (Å²) in [5.74, 6) is 0.501. The molecule has 110 heavy (non-hydrogen) atoms. The second-order valence-electron chi connectivity index (χ2n) is 22.4. The maximum Gasteiger partial charge on any atom is 0.375 e. The molecule has 30 N–H and O–H groups in total. The number of aliphatic hydroxyl groups is 6. The molecule has 0 radical (unpaired) electrons. The van der Waals surface area contributed by atoms with Crippen LogP contribution in [0.3, 0.4) is 0 Å². The number of rotatable bonds is 19. The maximum absolute atomic E-state index is 11.4. The first-order chi connectivity index (χ1) is 48.7. The molecule has 1 saturated heterocycles. The highest BCUT2D eigenvalue weighted by Crippen LogP contribution is 2.77. The van der Waals surface area contributed by atoms with Crippen LogP contribution in [-0.4, -0.2) is 229 Å². The van der Waals surface area contributed by atoms with E-state index < -0.39 is 155 Å². The van der Waals surface area contributed by atoms with Gasteiger partial charge >= 0.3 is 101 Å². The van der Waals surface area contributed by atoms with Gasteiger partial charge in [-0.25, -0.2) is 19.9 Å². The Morgan fingerprint density at radius 2 is 0.755 bits per heavy atom. The summed E-state index contributed by atoms with van der Waals surface area (Å²) in [5, 5.41) is 40.6. The zero-order chi connectivity index (χ0) is 84.6. The van der Waals surface area contributed by atoms with Crippen molar-refractivity contribution in [2.75, 3.05) is 38.1 Å². The Hall–Kier alpha value is -4.51. The van der Waals surface area contributed by atoms with Gasteiger partial charge in [-0.1, -0.05) is 43.8 Å². The molecule has 0 spiro atoms. The van der Waals surface area contributed by atoms with Gasteiger partial charge in [0.2, 0.25) is 0 Å². The van der Waals surface area contributed by atoms with Crippen molar-refractivity contribution in [3.05, 3.63) is 169 Å². The van der Waals surface area contributed by atoms with Crippen molar-refractivity contribution in [1.29, 1.82) is 0 Å². The molecule has 620 valence electrons. The van der Waals surface area contributed by atoms with E-state index in [4.69, 9.17) is 97.9 Å². The van der Waals surface area contributed by atoms with E-state index in [1.54, 1.807) is 12.1 Å². The molecule has 7 aromatic heterocycles. The van der Waals surface area contributed by atoms with Gasteiger partial charge in [0.05, 0.1) is 18.1 Å². The molecule has 0 atom stereocenters. The minimum absolute atomic E-state index is 0. The van der Waals surface area contributed by atoms with Crippen LogP contribution in [0.4, 0.5) is 5.82 Å². The van der Waals surface area contributed by atoms with Crippen LogP contribution >= 0.6 is 91.1 Å². The third-order valence-electron chi connectivity index (χ3n) is 14.6. The number of aryl methyl sites for hydroxylation is 2. The summed E-state index contributed by atoms with van der Waals surface area (Å²) in [7, 11) is -61.5. The number of nitrogens with zero attached hydrogens (tertiary/aromatic N) is 11. The van der Waals surface area contributed by atoms with Crippen LogP contribution in [0.15, 0.2) is 135 Å². The molecule has 53 nitrogen and oxygen atoms in total. The highest BCUT2D eigenvalue weighted by molar-refractivity contribution is 7.73. The van der Waals surface area contributed by atoms with E-state index in [2.05, 4.69) is 29.9 Å². The molecule has 1 fully saturated rings. The Morgan fingerprint density at radius 3 is 1.13 bits per heavy atom. The first kappa shape index (κ1) is 99.7. The summed E-state index contributed by atoms with van der Waals surface area (Å²) in [6, 6.07) is 15.4. The average molecular weight is 1810 g/mol. The van der Waals surface area contributed by atoms with Crippen LogP contribution in [0.2, 0.25) is 0 Å². The number of benzene rings is 1. The van der Waals surface area contributed by atoms with Gasteiger partial charge in [0.25, 0.3) is 20.3 Å². The Balaban J connectivity index is 0.000000343. The van der Waals surface area contributed by atoms with Gasteiger partial charge in [0, 0.05) is 107 Å². The highest BCUT2D eigenvalue weighted by atomic mass is 31.3. The number of imidazole rings is 3. The fourth-order valence-electron chi connectivity index (χ4n) is 8.89. The van der Waals surface area contributed by atoms with Gasteiger partial charge in [0.15, 0.2) is 0 Å². The number of aromatic nitrogens is 9. The number of pyridine rings is 3. The van der Waals surface area contributed by atoms with Crippen molar-refractivity contribution >= 4 is 108 Å². The normalized spacial score (nSPS) is 14.8. The Kier molecular flexibility index (Phi) is 31.5. The average Bonchev–Trinajstić information content (AvgIpc) is 1.35. The standard InChI is InChI=1S/C11H19N3O7P2.2C8H10N2O7P2.C7H10O7P2.2C5H10N2O7P2.CH4/c1-13-4-6-14(7-5-13)10-3-2-9(8-12-10)11(15,22(16,17)18)23(19,20)21;11-8(18(12,13)14,19(15,16)17)6-2-1-4-10-5-3-9-7(6)10;11-8(18(12,13)14,19(15,16)17)6-5-10-4-2-1-3-7(10)9-6;8-7(15(9,10)11,16(12,13)14)6-4-2-1-3-5-6;1-7-2-4(6-3-7)5(8,15(9,10)11)16(12,13)14;1-7-3-4(2-6-7)5(8,15(9,10)11)16(12,13)14;/h2-3,8,15H,4-7H2,1H3,(H2,16,17,18)(H2,19,20,21);2*1-5,11H,(H2,12,13,14)(H2,15,16,17);1-5,8H,(H2,9,10,11)(H2,12,13,14);2*2-3,8H,1H3,(H2,9,10,11)(H2,12,13,14);1H4. The number of anilines is 1. The second-order valence-corrected chi connectivity index (χ2v) is 45.3. The number of hydrogen-bond acceptors (Lipinski definition) is 25. The van der Waals surface area contributed by atoms with E-state index in [1.807, 2.05) is 11.9 Å². The summed E-state index contributed by atoms with van der Waals surface area (Å²) in [6.45, 7) is 3.03. The summed E-state index contributed by atoms with van der Waals surface area (Å²) < 4.78 is 139. The van der Waals surface area contributed by atoms with Crippen LogP contribution < -0.4 is 4.90 Å².